The molecule has 2 heterocycles. The third-order valence-corrected chi connectivity index (χ3v) is 3.40. The first-order valence-corrected chi connectivity index (χ1v) is 6.63. The van der Waals surface area contributed by atoms with E-state index in [-0.39, 0.29) is 5.41 Å². The van der Waals surface area contributed by atoms with Crippen molar-refractivity contribution in [3.05, 3.63) is 28.1 Å². The summed E-state index contributed by atoms with van der Waals surface area (Å²) in [6.45, 7) is 7.21. The van der Waals surface area contributed by atoms with Crippen molar-refractivity contribution >= 4 is 17.2 Å². The van der Waals surface area contributed by atoms with Gasteiger partial charge in [0.2, 0.25) is 0 Å². The standard InChI is InChI=1S/C12H18N4S/c1-12(2,3)10-11(13)14-15-16(10)6-4-9-5-7-17-8-9/h5,7-8H,4,6,13H2,1-3H3. The first-order valence-electron chi connectivity index (χ1n) is 5.69. The molecule has 92 valence electrons. The Morgan fingerprint density at radius 3 is 2.76 bits per heavy atom. The first kappa shape index (κ1) is 12.1. The Morgan fingerprint density at radius 1 is 1.41 bits per heavy atom. The summed E-state index contributed by atoms with van der Waals surface area (Å²) in [6, 6.07) is 2.14. The Kier molecular flexibility index (Phi) is 3.19. The lowest BCUT2D eigenvalue weighted by Gasteiger charge is -2.20. The zero-order valence-electron chi connectivity index (χ0n) is 10.5. The van der Waals surface area contributed by atoms with Gasteiger partial charge in [-0.3, -0.25) is 0 Å². The van der Waals surface area contributed by atoms with Crippen LogP contribution in [0.4, 0.5) is 5.82 Å². The van der Waals surface area contributed by atoms with E-state index in [0.717, 1.165) is 18.7 Å². The van der Waals surface area contributed by atoms with Gasteiger partial charge >= 0.3 is 0 Å². The van der Waals surface area contributed by atoms with E-state index in [9.17, 15) is 0 Å². The molecule has 0 aliphatic carbocycles. The van der Waals surface area contributed by atoms with Crippen LogP contribution in [0.3, 0.4) is 0 Å². The van der Waals surface area contributed by atoms with Crippen molar-refractivity contribution in [2.75, 3.05) is 5.73 Å². The molecule has 2 N–H and O–H groups in total. The van der Waals surface area contributed by atoms with Gasteiger partial charge in [0, 0.05) is 12.0 Å². The van der Waals surface area contributed by atoms with Crippen molar-refractivity contribution in [2.24, 2.45) is 0 Å². The highest BCUT2D eigenvalue weighted by atomic mass is 32.1. The van der Waals surface area contributed by atoms with E-state index in [1.165, 1.54) is 5.56 Å². The molecule has 0 saturated heterocycles. The van der Waals surface area contributed by atoms with Crippen molar-refractivity contribution in [1.82, 2.24) is 15.0 Å². The molecule has 17 heavy (non-hydrogen) atoms. The summed E-state index contributed by atoms with van der Waals surface area (Å²) in [5.74, 6) is 0.544. The van der Waals surface area contributed by atoms with Crippen molar-refractivity contribution in [1.29, 1.82) is 0 Å². The van der Waals surface area contributed by atoms with Gasteiger partial charge in [-0.05, 0) is 28.8 Å². The molecule has 0 bridgehead atoms. The molecule has 0 aliphatic rings. The summed E-state index contributed by atoms with van der Waals surface area (Å²) in [4.78, 5) is 0. The normalized spacial score (nSPS) is 11.9. The second kappa shape index (κ2) is 4.49. The number of rotatable bonds is 3. The number of nitrogens with two attached hydrogens (primary N) is 1. The summed E-state index contributed by atoms with van der Waals surface area (Å²) in [7, 11) is 0. The van der Waals surface area contributed by atoms with E-state index in [1.807, 2.05) is 4.68 Å². The molecular formula is C12H18N4S. The maximum atomic E-state index is 5.88. The number of aromatic nitrogens is 3. The van der Waals surface area contributed by atoms with Crippen LogP contribution in [0, 0.1) is 0 Å². The van der Waals surface area contributed by atoms with Gasteiger partial charge in [0.15, 0.2) is 5.82 Å². The van der Waals surface area contributed by atoms with Gasteiger partial charge in [-0.25, -0.2) is 4.68 Å². The lowest BCUT2D eigenvalue weighted by molar-refractivity contribution is 0.481. The van der Waals surface area contributed by atoms with E-state index in [1.54, 1.807) is 11.3 Å². The maximum absolute atomic E-state index is 5.88. The molecule has 0 unspecified atom stereocenters. The first-order chi connectivity index (χ1) is 7.98. The van der Waals surface area contributed by atoms with Crippen LogP contribution in [0.5, 0.6) is 0 Å². The van der Waals surface area contributed by atoms with Crippen molar-refractivity contribution in [2.45, 2.75) is 39.2 Å². The Hall–Kier alpha value is -1.36. The molecular weight excluding hydrogens is 232 g/mol. The molecule has 2 rings (SSSR count). The summed E-state index contributed by atoms with van der Waals surface area (Å²) in [6.07, 6.45) is 0.968. The van der Waals surface area contributed by atoms with Gasteiger partial charge < -0.3 is 5.73 Å². The van der Waals surface area contributed by atoms with Gasteiger partial charge in [0.1, 0.15) is 0 Å². The van der Waals surface area contributed by atoms with Crippen LogP contribution in [0.1, 0.15) is 32.0 Å². The van der Waals surface area contributed by atoms with Gasteiger partial charge in [-0.15, -0.1) is 5.10 Å². The monoisotopic (exact) mass is 250 g/mol. The number of nitrogens with zero attached hydrogens (tertiary/aromatic N) is 3. The highest BCUT2D eigenvalue weighted by molar-refractivity contribution is 7.07. The Bertz CT molecular complexity index is 479. The van der Waals surface area contributed by atoms with E-state index in [0.29, 0.717) is 5.82 Å². The fraction of sp³-hybridized carbons (Fsp3) is 0.500. The smallest absolute Gasteiger partial charge is 0.169 e. The van der Waals surface area contributed by atoms with Crippen molar-refractivity contribution < 1.29 is 0 Å². The molecule has 5 heteroatoms. The minimum absolute atomic E-state index is 0.0256. The van der Waals surface area contributed by atoms with Gasteiger partial charge in [-0.2, -0.15) is 11.3 Å². The Labute approximate surface area is 105 Å². The van der Waals surface area contributed by atoms with Crippen molar-refractivity contribution in [3.8, 4) is 0 Å². The summed E-state index contributed by atoms with van der Waals surface area (Å²) < 4.78 is 1.92. The highest BCUT2D eigenvalue weighted by Gasteiger charge is 2.23. The second-order valence-corrected chi connectivity index (χ2v) is 5.96. The molecule has 0 aliphatic heterocycles. The maximum Gasteiger partial charge on any atom is 0.169 e. The fourth-order valence-electron chi connectivity index (χ4n) is 1.92. The predicted molar refractivity (Wildman–Crippen MR) is 71.2 cm³/mol. The zero-order chi connectivity index (χ0) is 12.5. The summed E-state index contributed by atoms with van der Waals surface area (Å²) in [5, 5.41) is 12.4. The average molecular weight is 250 g/mol. The van der Waals surface area contributed by atoms with Crippen LogP contribution >= 0.6 is 11.3 Å². The van der Waals surface area contributed by atoms with Crippen LogP contribution in [-0.4, -0.2) is 15.0 Å². The van der Waals surface area contributed by atoms with E-state index in [2.05, 4.69) is 47.9 Å². The molecule has 0 saturated carbocycles. The van der Waals surface area contributed by atoms with Gasteiger partial charge in [-0.1, -0.05) is 26.0 Å². The van der Waals surface area contributed by atoms with Crippen LogP contribution in [0.15, 0.2) is 16.8 Å². The second-order valence-electron chi connectivity index (χ2n) is 5.18. The quantitative estimate of drug-likeness (QED) is 0.910. The van der Waals surface area contributed by atoms with E-state index < -0.39 is 0 Å². The van der Waals surface area contributed by atoms with Crippen LogP contribution < -0.4 is 5.73 Å². The molecule has 0 aromatic carbocycles. The predicted octanol–water partition coefficient (Wildman–Crippen LogP) is 2.46. The van der Waals surface area contributed by atoms with Crippen LogP contribution in [-0.2, 0) is 18.4 Å². The molecule has 2 aromatic rings. The number of hydrogen-bond acceptors (Lipinski definition) is 4. The highest BCUT2D eigenvalue weighted by Crippen LogP contribution is 2.26. The van der Waals surface area contributed by atoms with Gasteiger partial charge in [0.25, 0.3) is 0 Å². The van der Waals surface area contributed by atoms with Crippen LogP contribution in [0.2, 0.25) is 0 Å². The topological polar surface area (TPSA) is 56.7 Å². The summed E-state index contributed by atoms with van der Waals surface area (Å²) >= 11 is 1.72. The average Bonchev–Trinajstić information content (AvgIpc) is 2.82. The van der Waals surface area contributed by atoms with Crippen molar-refractivity contribution in [3.63, 3.8) is 0 Å². The summed E-state index contributed by atoms with van der Waals surface area (Å²) in [5.41, 5.74) is 8.22. The Morgan fingerprint density at radius 2 is 2.18 bits per heavy atom. The number of thiophene rings is 1. The SMILES string of the molecule is CC(C)(C)c1c(N)nnn1CCc1ccsc1. The number of anilines is 1. The Balaban J connectivity index is 2.16. The molecule has 4 nitrogen and oxygen atoms in total. The van der Waals surface area contributed by atoms with Crippen LogP contribution in [0.25, 0.3) is 0 Å². The number of aryl methyl sites for hydroxylation is 2. The van der Waals surface area contributed by atoms with E-state index >= 15 is 0 Å². The van der Waals surface area contributed by atoms with E-state index in [4.69, 9.17) is 5.73 Å². The zero-order valence-corrected chi connectivity index (χ0v) is 11.3. The molecule has 0 fully saturated rings. The number of hydrogen-bond donors (Lipinski definition) is 1. The lowest BCUT2D eigenvalue weighted by atomic mass is 9.92. The molecule has 2 aromatic heterocycles. The van der Waals surface area contributed by atoms with Gasteiger partial charge in [0.05, 0.1) is 5.69 Å². The minimum atomic E-state index is -0.0256. The molecule has 0 radical (unpaired) electrons. The third-order valence-electron chi connectivity index (χ3n) is 2.66. The fourth-order valence-corrected chi connectivity index (χ4v) is 2.63. The number of nitrogen functional groups attached to an aromatic ring is 1. The molecule has 0 atom stereocenters. The largest absolute Gasteiger partial charge is 0.381 e. The molecule has 0 spiro atoms. The molecule has 0 amide bonds. The lowest BCUT2D eigenvalue weighted by Crippen LogP contribution is -2.20. The minimum Gasteiger partial charge on any atom is -0.381 e. The third kappa shape index (κ3) is 2.66.